The molecule has 0 atom stereocenters. The van der Waals surface area contributed by atoms with Gasteiger partial charge in [0.1, 0.15) is 28.1 Å². The number of hydrogen-bond donors (Lipinski definition) is 2. The molecule has 0 bridgehead atoms. The Morgan fingerprint density at radius 3 is 2.53 bits per heavy atom. The summed E-state index contributed by atoms with van der Waals surface area (Å²) < 4.78 is 47.6. The zero-order valence-electron chi connectivity index (χ0n) is 17.1. The molecule has 30 heavy (non-hydrogen) atoms. The van der Waals surface area contributed by atoms with Gasteiger partial charge in [-0.1, -0.05) is 0 Å². The van der Waals surface area contributed by atoms with Crippen LogP contribution in [0.3, 0.4) is 0 Å². The quantitative estimate of drug-likeness (QED) is 0.523. The Labute approximate surface area is 174 Å². The van der Waals surface area contributed by atoms with E-state index in [1.165, 1.54) is 13.2 Å². The smallest absolute Gasteiger partial charge is 0.244 e. The van der Waals surface area contributed by atoms with Crippen molar-refractivity contribution in [2.24, 2.45) is 0 Å². The van der Waals surface area contributed by atoms with Crippen molar-refractivity contribution in [3.63, 3.8) is 0 Å². The van der Waals surface area contributed by atoms with E-state index in [0.29, 0.717) is 17.5 Å². The number of methoxy groups -OCH3 is 1. The van der Waals surface area contributed by atoms with Gasteiger partial charge in [0.25, 0.3) is 0 Å². The summed E-state index contributed by atoms with van der Waals surface area (Å²) in [6.07, 6.45) is 0. The fourth-order valence-electron chi connectivity index (χ4n) is 2.93. The third-order valence-corrected chi connectivity index (χ3v) is 5.67. The summed E-state index contributed by atoms with van der Waals surface area (Å²) in [6.45, 7) is 5.90. The van der Waals surface area contributed by atoms with E-state index in [1.807, 2.05) is 19.9 Å². The molecule has 0 aliphatic heterocycles. The number of sulfonamides is 1. The average Bonchev–Trinajstić information content (AvgIpc) is 3.03. The van der Waals surface area contributed by atoms with Crippen molar-refractivity contribution in [2.45, 2.75) is 25.7 Å². The summed E-state index contributed by atoms with van der Waals surface area (Å²) in [4.78, 5) is 8.46. The van der Waals surface area contributed by atoms with Crippen molar-refractivity contribution in [3.05, 3.63) is 53.4 Å². The Morgan fingerprint density at radius 1 is 1.10 bits per heavy atom. The molecule has 2 heterocycles. The molecule has 0 amide bonds. The molecule has 0 unspecified atom stereocenters. The van der Waals surface area contributed by atoms with E-state index in [0.717, 1.165) is 23.5 Å². The highest BCUT2D eigenvalue weighted by atomic mass is 32.2. The zero-order valence-corrected chi connectivity index (χ0v) is 17.9. The molecule has 0 aliphatic rings. The van der Waals surface area contributed by atoms with E-state index >= 15 is 0 Å². The number of halogens is 1. The zero-order chi connectivity index (χ0) is 21.9. The topological polar surface area (TPSA) is 111 Å². The summed E-state index contributed by atoms with van der Waals surface area (Å²) in [6, 6.07) is 7.00. The SMILES string of the molecule is COc1ccc(F)cc1S(=O)(=O)NCCNc1cc(-n2nc(C)cc2C)nc(C)n1. The van der Waals surface area contributed by atoms with Gasteiger partial charge in [0.15, 0.2) is 5.82 Å². The first kappa shape index (κ1) is 21.7. The molecule has 0 saturated heterocycles. The van der Waals surface area contributed by atoms with Crippen LogP contribution in [0.5, 0.6) is 5.75 Å². The molecular formula is C19H23FN6O3S. The van der Waals surface area contributed by atoms with Crippen molar-refractivity contribution >= 4 is 15.8 Å². The van der Waals surface area contributed by atoms with Gasteiger partial charge in [-0.05, 0) is 45.0 Å². The summed E-state index contributed by atoms with van der Waals surface area (Å²) in [5, 5.41) is 7.47. The molecule has 1 aromatic carbocycles. The van der Waals surface area contributed by atoms with Crippen LogP contribution in [-0.4, -0.2) is 48.4 Å². The van der Waals surface area contributed by atoms with Crippen LogP contribution in [0, 0.1) is 26.6 Å². The van der Waals surface area contributed by atoms with Gasteiger partial charge in [-0.15, -0.1) is 0 Å². The molecule has 3 rings (SSSR count). The number of nitrogens with one attached hydrogen (secondary N) is 2. The molecule has 3 aromatic rings. The molecular weight excluding hydrogens is 411 g/mol. The number of anilines is 1. The van der Waals surface area contributed by atoms with Crippen molar-refractivity contribution in [3.8, 4) is 11.6 Å². The van der Waals surface area contributed by atoms with Crippen LogP contribution in [0.1, 0.15) is 17.2 Å². The molecule has 160 valence electrons. The summed E-state index contributed by atoms with van der Waals surface area (Å²) in [5.74, 6) is 1.10. The molecule has 0 aliphatic carbocycles. The fourth-order valence-corrected chi connectivity index (χ4v) is 4.14. The van der Waals surface area contributed by atoms with Gasteiger partial charge in [0.05, 0.1) is 12.8 Å². The van der Waals surface area contributed by atoms with E-state index in [-0.39, 0.29) is 23.7 Å². The predicted molar refractivity (Wildman–Crippen MR) is 110 cm³/mol. The first-order valence-electron chi connectivity index (χ1n) is 9.16. The first-order chi connectivity index (χ1) is 14.2. The number of aromatic nitrogens is 4. The Balaban J connectivity index is 1.67. The van der Waals surface area contributed by atoms with Gasteiger partial charge >= 0.3 is 0 Å². The van der Waals surface area contributed by atoms with Crippen molar-refractivity contribution in [2.75, 3.05) is 25.5 Å². The van der Waals surface area contributed by atoms with Crippen LogP contribution in [0.2, 0.25) is 0 Å². The van der Waals surface area contributed by atoms with Gasteiger partial charge in [0, 0.05) is 24.8 Å². The maximum Gasteiger partial charge on any atom is 0.244 e. The molecule has 0 radical (unpaired) electrons. The second-order valence-electron chi connectivity index (χ2n) is 6.62. The van der Waals surface area contributed by atoms with Gasteiger partial charge < -0.3 is 10.1 Å². The summed E-state index contributed by atoms with van der Waals surface area (Å²) >= 11 is 0. The van der Waals surface area contributed by atoms with Crippen molar-refractivity contribution in [1.82, 2.24) is 24.5 Å². The second kappa shape index (κ2) is 8.76. The molecule has 9 nitrogen and oxygen atoms in total. The number of hydrogen-bond acceptors (Lipinski definition) is 7. The highest BCUT2D eigenvalue weighted by Gasteiger charge is 2.20. The minimum atomic E-state index is -3.94. The second-order valence-corrected chi connectivity index (χ2v) is 8.35. The molecule has 0 saturated carbocycles. The number of nitrogens with zero attached hydrogens (tertiary/aromatic N) is 4. The van der Waals surface area contributed by atoms with E-state index in [4.69, 9.17) is 4.74 Å². The monoisotopic (exact) mass is 434 g/mol. The molecule has 0 spiro atoms. The highest BCUT2D eigenvalue weighted by molar-refractivity contribution is 7.89. The number of rotatable bonds is 8. The van der Waals surface area contributed by atoms with E-state index in [1.54, 1.807) is 17.7 Å². The van der Waals surface area contributed by atoms with Crippen LogP contribution >= 0.6 is 0 Å². The Kier molecular flexibility index (Phi) is 6.32. The molecule has 0 fully saturated rings. The lowest BCUT2D eigenvalue weighted by atomic mass is 10.3. The lowest BCUT2D eigenvalue weighted by Gasteiger charge is -2.12. The molecule has 2 aromatic heterocycles. The maximum absolute atomic E-state index is 13.5. The lowest BCUT2D eigenvalue weighted by molar-refractivity contribution is 0.400. The average molecular weight is 434 g/mol. The first-order valence-corrected chi connectivity index (χ1v) is 10.6. The fraction of sp³-hybridized carbons (Fsp3) is 0.316. The normalized spacial score (nSPS) is 11.5. The van der Waals surface area contributed by atoms with Crippen molar-refractivity contribution < 1.29 is 17.5 Å². The third kappa shape index (κ3) is 4.92. The van der Waals surface area contributed by atoms with Crippen LogP contribution < -0.4 is 14.8 Å². The standard InChI is InChI=1S/C19H23FN6O3S/c1-12-9-13(2)26(25-12)19-11-18(23-14(3)24-19)21-7-8-22-30(27,28)17-10-15(20)5-6-16(17)29-4/h5-6,9-11,22H,7-8H2,1-4H3,(H,21,23,24). The number of benzene rings is 1. The number of ether oxygens (including phenoxy) is 1. The van der Waals surface area contributed by atoms with Crippen LogP contribution in [-0.2, 0) is 10.0 Å². The summed E-state index contributed by atoms with van der Waals surface area (Å²) in [5.41, 5.74) is 1.81. The van der Waals surface area contributed by atoms with E-state index < -0.39 is 15.8 Å². The lowest BCUT2D eigenvalue weighted by Crippen LogP contribution is -2.29. The van der Waals surface area contributed by atoms with E-state index in [2.05, 4.69) is 25.1 Å². The van der Waals surface area contributed by atoms with Gasteiger partial charge in [-0.3, -0.25) is 0 Å². The third-order valence-electron chi connectivity index (χ3n) is 4.19. The minimum absolute atomic E-state index is 0.0558. The van der Waals surface area contributed by atoms with Gasteiger partial charge in [0.2, 0.25) is 10.0 Å². The van der Waals surface area contributed by atoms with E-state index in [9.17, 15) is 12.8 Å². The van der Waals surface area contributed by atoms with Crippen LogP contribution in [0.4, 0.5) is 10.2 Å². The van der Waals surface area contributed by atoms with Crippen LogP contribution in [0.15, 0.2) is 35.2 Å². The summed E-state index contributed by atoms with van der Waals surface area (Å²) in [7, 11) is -2.62. The Hall–Kier alpha value is -3.05. The van der Waals surface area contributed by atoms with Crippen LogP contribution in [0.25, 0.3) is 5.82 Å². The van der Waals surface area contributed by atoms with Gasteiger partial charge in [-0.25, -0.2) is 32.2 Å². The molecule has 11 heteroatoms. The highest BCUT2D eigenvalue weighted by Crippen LogP contribution is 2.24. The Morgan fingerprint density at radius 2 is 1.87 bits per heavy atom. The molecule has 2 N–H and O–H groups in total. The Bertz CT molecular complexity index is 1160. The number of aryl methyl sites for hydroxylation is 3. The van der Waals surface area contributed by atoms with Gasteiger partial charge in [-0.2, -0.15) is 5.10 Å². The minimum Gasteiger partial charge on any atom is -0.495 e. The van der Waals surface area contributed by atoms with Crippen molar-refractivity contribution in [1.29, 1.82) is 0 Å². The largest absolute Gasteiger partial charge is 0.495 e. The predicted octanol–water partition coefficient (Wildman–Crippen LogP) is 2.13. The maximum atomic E-state index is 13.5.